The van der Waals surface area contributed by atoms with Gasteiger partial charge in [-0.25, -0.2) is 0 Å². The van der Waals surface area contributed by atoms with Crippen LogP contribution in [0.4, 0.5) is 13.2 Å². The van der Waals surface area contributed by atoms with E-state index < -0.39 is 26.9 Å². The average Bonchev–Trinajstić information content (AvgIpc) is 2.45. The van der Waals surface area contributed by atoms with E-state index in [-0.39, 0.29) is 12.2 Å². The first-order valence-corrected chi connectivity index (χ1v) is 8.13. The van der Waals surface area contributed by atoms with E-state index in [9.17, 15) is 26.4 Å². The Morgan fingerprint density at radius 1 is 1.25 bits per heavy atom. The van der Waals surface area contributed by atoms with Gasteiger partial charge in [0.2, 0.25) is 0 Å². The molecule has 0 aliphatic carbocycles. The van der Waals surface area contributed by atoms with Crippen LogP contribution in [0.5, 0.6) is 5.75 Å². The van der Waals surface area contributed by atoms with Gasteiger partial charge in [-0.2, -0.15) is 21.6 Å². The summed E-state index contributed by atoms with van der Waals surface area (Å²) < 4.78 is 64.1. The third-order valence-corrected chi connectivity index (χ3v) is 4.09. The smallest absolute Gasteiger partial charge is 0.376 e. The summed E-state index contributed by atoms with van der Waals surface area (Å²) in [6.45, 7) is 1.71. The molecule has 2 aromatic rings. The highest BCUT2D eigenvalue weighted by Gasteiger charge is 2.48. The van der Waals surface area contributed by atoms with E-state index in [1.807, 2.05) is 0 Å². The minimum absolute atomic E-state index is 0.244. The molecular formula is C14H13F3N2O4S. The Balaban J connectivity index is 2.21. The number of alkyl halides is 3. The number of nitrogens with zero attached hydrogens (tertiary/aromatic N) is 2. The van der Waals surface area contributed by atoms with Crippen LogP contribution in [0.3, 0.4) is 0 Å². The van der Waals surface area contributed by atoms with E-state index in [1.54, 1.807) is 24.4 Å². The molecular weight excluding hydrogens is 349 g/mol. The van der Waals surface area contributed by atoms with Gasteiger partial charge in [-0.1, -0.05) is 6.07 Å². The van der Waals surface area contributed by atoms with Crippen molar-refractivity contribution in [3.05, 3.63) is 58.3 Å². The van der Waals surface area contributed by atoms with Crippen LogP contribution in [-0.4, -0.2) is 23.5 Å². The van der Waals surface area contributed by atoms with Crippen molar-refractivity contribution >= 4 is 10.1 Å². The van der Waals surface area contributed by atoms with Gasteiger partial charge in [0.25, 0.3) is 5.56 Å². The van der Waals surface area contributed by atoms with Crippen LogP contribution in [0.1, 0.15) is 11.4 Å². The van der Waals surface area contributed by atoms with E-state index in [0.717, 1.165) is 11.8 Å². The lowest BCUT2D eigenvalue weighted by Crippen LogP contribution is -2.29. The largest absolute Gasteiger partial charge is 0.534 e. The number of halogens is 3. The molecule has 0 aliphatic rings. The molecule has 0 atom stereocenters. The molecule has 2 rings (SSSR count). The van der Waals surface area contributed by atoms with E-state index in [2.05, 4.69) is 9.17 Å². The predicted molar refractivity (Wildman–Crippen MR) is 79.0 cm³/mol. The fourth-order valence-corrected chi connectivity index (χ4v) is 2.42. The van der Waals surface area contributed by atoms with Crippen LogP contribution in [-0.2, 0) is 23.1 Å². The van der Waals surface area contributed by atoms with Gasteiger partial charge in [-0.3, -0.25) is 9.78 Å². The minimum Gasteiger partial charge on any atom is -0.376 e. The molecule has 0 amide bonds. The molecule has 10 heteroatoms. The first kappa shape index (κ1) is 18.0. The summed E-state index contributed by atoms with van der Waals surface area (Å²) in [7, 11) is -5.81. The van der Waals surface area contributed by atoms with Crippen LogP contribution in [0.15, 0.2) is 41.3 Å². The molecule has 0 aromatic carbocycles. The van der Waals surface area contributed by atoms with Crippen molar-refractivity contribution in [3.8, 4) is 5.75 Å². The average molecular weight is 362 g/mol. The van der Waals surface area contributed by atoms with Gasteiger partial charge < -0.3 is 8.75 Å². The maximum Gasteiger partial charge on any atom is 0.534 e. The summed E-state index contributed by atoms with van der Waals surface area (Å²) >= 11 is 0. The zero-order valence-electron chi connectivity index (χ0n) is 12.4. The lowest BCUT2D eigenvalue weighted by Gasteiger charge is -2.13. The maximum absolute atomic E-state index is 12.3. The molecule has 0 fully saturated rings. The highest BCUT2D eigenvalue weighted by Crippen LogP contribution is 2.26. The molecule has 0 spiro atoms. The second kappa shape index (κ2) is 6.63. The highest BCUT2D eigenvalue weighted by molar-refractivity contribution is 7.88. The number of hydrogen-bond donors (Lipinski definition) is 0. The van der Waals surface area contributed by atoms with Crippen molar-refractivity contribution in [1.29, 1.82) is 0 Å². The van der Waals surface area contributed by atoms with E-state index >= 15 is 0 Å². The quantitative estimate of drug-likeness (QED) is 0.601. The monoisotopic (exact) mass is 362 g/mol. The predicted octanol–water partition coefficient (Wildman–Crippen LogP) is 2.02. The summed E-state index contributed by atoms with van der Waals surface area (Å²) in [5.74, 6) is -0.677. The van der Waals surface area contributed by atoms with Crippen molar-refractivity contribution in [1.82, 2.24) is 9.55 Å². The molecule has 6 nitrogen and oxygen atoms in total. The number of aromatic nitrogens is 2. The Bertz CT molecular complexity index is 877. The second-order valence-corrected chi connectivity index (χ2v) is 6.41. The first-order chi connectivity index (χ1) is 11.1. The van der Waals surface area contributed by atoms with Gasteiger partial charge in [0.05, 0.1) is 0 Å². The zero-order valence-corrected chi connectivity index (χ0v) is 13.3. The minimum atomic E-state index is -5.81. The number of rotatable bonds is 5. The van der Waals surface area contributed by atoms with Crippen LogP contribution in [0.25, 0.3) is 0 Å². The van der Waals surface area contributed by atoms with Crippen molar-refractivity contribution < 1.29 is 25.8 Å². The van der Waals surface area contributed by atoms with Crippen LogP contribution in [0, 0.1) is 6.92 Å². The van der Waals surface area contributed by atoms with Gasteiger partial charge in [-0.05, 0) is 19.1 Å². The molecule has 2 heterocycles. The number of aryl methyl sites for hydroxylation is 2. The molecule has 0 radical (unpaired) electrons. The van der Waals surface area contributed by atoms with Crippen LogP contribution >= 0.6 is 0 Å². The van der Waals surface area contributed by atoms with Crippen LogP contribution in [0.2, 0.25) is 0 Å². The van der Waals surface area contributed by atoms with Crippen molar-refractivity contribution in [3.63, 3.8) is 0 Å². The lowest BCUT2D eigenvalue weighted by molar-refractivity contribution is -0.0500. The molecule has 0 N–H and O–H groups in total. The Kier molecular flexibility index (Phi) is 4.97. The molecule has 24 heavy (non-hydrogen) atoms. The molecule has 0 saturated carbocycles. The highest BCUT2D eigenvalue weighted by atomic mass is 32.2. The van der Waals surface area contributed by atoms with Crippen molar-refractivity contribution in [2.75, 3.05) is 0 Å². The van der Waals surface area contributed by atoms with Gasteiger partial charge in [0.1, 0.15) is 5.75 Å². The fourth-order valence-electron chi connectivity index (χ4n) is 1.98. The Labute approximate surface area is 135 Å². The van der Waals surface area contributed by atoms with Crippen molar-refractivity contribution in [2.45, 2.75) is 25.4 Å². The van der Waals surface area contributed by atoms with Crippen LogP contribution < -0.4 is 9.74 Å². The van der Waals surface area contributed by atoms with Crippen molar-refractivity contribution in [2.24, 2.45) is 0 Å². The second-order valence-electron chi connectivity index (χ2n) is 4.88. The Morgan fingerprint density at radius 2 is 1.96 bits per heavy atom. The van der Waals surface area contributed by atoms with Gasteiger partial charge >= 0.3 is 15.6 Å². The summed E-state index contributed by atoms with van der Waals surface area (Å²) in [5.41, 5.74) is -5.22. The molecule has 0 saturated heterocycles. The van der Waals surface area contributed by atoms with E-state index in [4.69, 9.17) is 0 Å². The SMILES string of the molecule is Cc1cc(OS(=O)(=O)C(F)(F)F)cc(=O)n1CCc1ccccn1. The van der Waals surface area contributed by atoms with E-state index in [1.165, 1.54) is 11.5 Å². The maximum atomic E-state index is 12.3. The summed E-state index contributed by atoms with van der Waals surface area (Å²) in [6.07, 6.45) is 2.03. The van der Waals surface area contributed by atoms with Gasteiger partial charge in [0.15, 0.2) is 0 Å². The normalized spacial score (nSPS) is 12.2. The molecule has 130 valence electrons. The van der Waals surface area contributed by atoms with E-state index in [0.29, 0.717) is 12.5 Å². The fraction of sp³-hybridized carbons (Fsp3) is 0.286. The lowest BCUT2D eigenvalue weighted by atomic mass is 10.2. The summed E-state index contributed by atoms with van der Waals surface area (Å²) in [5, 5.41) is 0. The summed E-state index contributed by atoms with van der Waals surface area (Å²) in [4.78, 5) is 16.1. The molecule has 0 bridgehead atoms. The van der Waals surface area contributed by atoms with Gasteiger partial charge in [-0.15, -0.1) is 0 Å². The molecule has 0 aliphatic heterocycles. The number of pyridine rings is 2. The Hall–Kier alpha value is -2.36. The third-order valence-electron chi connectivity index (χ3n) is 3.12. The molecule has 2 aromatic heterocycles. The zero-order chi connectivity index (χ0) is 18.0. The Morgan fingerprint density at radius 3 is 2.50 bits per heavy atom. The topological polar surface area (TPSA) is 78.3 Å². The molecule has 0 unspecified atom stereocenters. The summed E-state index contributed by atoms with van der Waals surface area (Å²) in [6, 6.07) is 7.07. The van der Waals surface area contributed by atoms with Gasteiger partial charge in [0, 0.05) is 42.7 Å². The number of hydrogen-bond acceptors (Lipinski definition) is 5. The first-order valence-electron chi connectivity index (χ1n) is 6.72. The third kappa shape index (κ3) is 4.13. The standard InChI is InChI=1S/C14H13F3N2O4S/c1-10-8-12(23-24(21,22)14(15,16)17)9-13(20)19(10)7-5-11-4-2-3-6-18-11/h2-4,6,8-9H,5,7H2,1H3.